The summed E-state index contributed by atoms with van der Waals surface area (Å²) in [6.45, 7) is 0. The van der Waals surface area contributed by atoms with Crippen LogP contribution in [0.25, 0.3) is 0 Å². The van der Waals surface area contributed by atoms with Gasteiger partial charge in [-0.25, -0.2) is 4.39 Å². The molecular formula is C13H10ClFO2. The molecule has 0 heterocycles. The normalized spacial score (nSPS) is 10.1. The standard InChI is InChI=1S/C13H10ClFO2/c1-16-12-7-6-9(8-10(12)14)17-13-5-3-2-4-11(13)15/h2-8H,1H3. The Morgan fingerprint density at radius 1 is 1.06 bits per heavy atom. The number of hydrogen-bond acceptors (Lipinski definition) is 2. The summed E-state index contributed by atoms with van der Waals surface area (Å²) in [4.78, 5) is 0. The molecule has 0 fully saturated rings. The topological polar surface area (TPSA) is 18.5 Å². The Kier molecular flexibility index (Phi) is 3.49. The maximum absolute atomic E-state index is 13.3. The van der Waals surface area contributed by atoms with E-state index in [1.807, 2.05) is 0 Å². The number of rotatable bonds is 3. The Hall–Kier alpha value is -1.74. The van der Waals surface area contributed by atoms with Gasteiger partial charge in [0.1, 0.15) is 11.5 Å². The highest BCUT2D eigenvalue weighted by molar-refractivity contribution is 6.32. The third kappa shape index (κ3) is 2.68. The second kappa shape index (κ2) is 5.06. The first-order valence-corrected chi connectivity index (χ1v) is 5.34. The van der Waals surface area contributed by atoms with Gasteiger partial charge in [-0.2, -0.15) is 0 Å². The third-order valence-corrected chi connectivity index (χ3v) is 2.48. The Morgan fingerprint density at radius 3 is 2.47 bits per heavy atom. The Balaban J connectivity index is 2.25. The van der Waals surface area contributed by atoms with Crippen LogP contribution < -0.4 is 9.47 Å². The van der Waals surface area contributed by atoms with Crippen LogP contribution in [0, 0.1) is 5.82 Å². The zero-order valence-corrected chi connectivity index (χ0v) is 9.87. The predicted octanol–water partition coefficient (Wildman–Crippen LogP) is 4.28. The minimum absolute atomic E-state index is 0.161. The summed E-state index contributed by atoms with van der Waals surface area (Å²) < 4.78 is 23.7. The van der Waals surface area contributed by atoms with E-state index in [4.69, 9.17) is 21.1 Å². The highest BCUT2D eigenvalue weighted by atomic mass is 35.5. The summed E-state index contributed by atoms with van der Waals surface area (Å²) in [6, 6.07) is 11.1. The van der Waals surface area contributed by atoms with Crippen LogP contribution in [0.3, 0.4) is 0 Å². The lowest BCUT2D eigenvalue weighted by atomic mass is 10.3. The monoisotopic (exact) mass is 252 g/mol. The van der Waals surface area contributed by atoms with Gasteiger partial charge in [-0.05, 0) is 24.3 Å². The van der Waals surface area contributed by atoms with E-state index in [1.54, 1.807) is 36.4 Å². The molecular weight excluding hydrogens is 243 g/mol. The fraction of sp³-hybridized carbons (Fsp3) is 0.0769. The third-order valence-electron chi connectivity index (χ3n) is 2.19. The molecule has 0 bridgehead atoms. The van der Waals surface area contributed by atoms with Crippen molar-refractivity contribution in [1.82, 2.24) is 0 Å². The van der Waals surface area contributed by atoms with Crippen LogP contribution in [0.15, 0.2) is 42.5 Å². The summed E-state index contributed by atoms with van der Waals surface area (Å²) in [6.07, 6.45) is 0. The molecule has 0 unspecified atom stereocenters. The number of methoxy groups -OCH3 is 1. The molecule has 0 spiro atoms. The maximum atomic E-state index is 13.3. The van der Waals surface area contributed by atoms with E-state index in [0.717, 1.165) is 0 Å². The number of halogens is 2. The zero-order valence-electron chi connectivity index (χ0n) is 9.11. The average molecular weight is 253 g/mol. The summed E-state index contributed by atoms with van der Waals surface area (Å²) in [5, 5.41) is 0.418. The SMILES string of the molecule is COc1ccc(Oc2ccccc2F)cc1Cl. The lowest BCUT2D eigenvalue weighted by Gasteiger charge is -2.08. The molecule has 2 nitrogen and oxygen atoms in total. The van der Waals surface area contributed by atoms with E-state index >= 15 is 0 Å². The number of benzene rings is 2. The summed E-state index contributed by atoms with van der Waals surface area (Å²) in [5.41, 5.74) is 0. The van der Waals surface area contributed by atoms with Gasteiger partial charge in [0, 0.05) is 6.07 Å². The molecule has 2 rings (SSSR count). The maximum Gasteiger partial charge on any atom is 0.165 e. The molecule has 0 aliphatic heterocycles. The predicted molar refractivity (Wildman–Crippen MR) is 64.5 cm³/mol. The minimum Gasteiger partial charge on any atom is -0.495 e. The molecule has 0 saturated heterocycles. The Morgan fingerprint density at radius 2 is 1.82 bits per heavy atom. The van der Waals surface area contributed by atoms with Crippen LogP contribution in [-0.4, -0.2) is 7.11 Å². The highest BCUT2D eigenvalue weighted by Gasteiger charge is 2.06. The Bertz CT molecular complexity index is 529. The fourth-order valence-corrected chi connectivity index (χ4v) is 1.61. The van der Waals surface area contributed by atoms with Gasteiger partial charge in [0.2, 0.25) is 0 Å². The molecule has 0 atom stereocenters. The second-order valence-corrected chi connectivity index (χ2v) is 3.74. The van der Waals surface area contributed by atoms with Crippen molar-refractivity contribution in [2.75, 3.05) is 7.11 Å². The van der Waals surface area contributed by atoms with Crippen molar-refractivity contribution in [2.24, 2.45) is 0 Å². The van der Waals surface area contributed by atoms with Gasteiger partial charge < -0.3 is 9.47 Å². The number of para-hydroxylation sites is 1. The van der Waals surface area contributed by atoms with Crippen LogP contribution in [0.4, 0.5) is 4.39 Å². The first-order chi connectivity index (χ1) is 8.20. The van der Waals surface area contributed by atoms with E-state index < -0.39 is 5.82 Å². The van der Waals surface area contributed by atoms with Crippen LogP contribution in [0.5, 0.6) is 17.2 Å². The van der Waals surface area contributed by atoms with Crippen LogP contribution in [0.1, 0.15) is 0 Å². The molecule has 4 heteroatoms. The molecule has 0 radical (unpaired) electrons. The summed E-state index contributed by atoms with van der Waals surface area (Å²) >= 11 is 5.94. The second-order valence-electron chi connectivity index (χ2n) is 3.33. The van der Waals surface area contributed by atoms with Crippen molar-refractivity contribution < 1.29 is 13.9 Å². The van der Waals surface area contributed by atoms with E-state index in [9.17, 15) is 4.39 Å². The van der Waals surface area contributed by atoms with Crippen molar-refractivity contribution >= 4 is 11.6 Å². The number of hydrogen-bond donors (Lipinski definition) is 0. The van der Waals surface area contributed by atoms with Gasteiger partial charge in [-0.1, -0.05) is 23.7 Å². The lowest BCUT2D eigenvalue weighted by molar-refractivity contribution is 0.411. The summed E-state index contributed by atoms with van der Waals surface area (Å²) in [7, 11) is 1.53. The van der Waals surface area contributed by atoms with Crippen molar-refractivity contribution in [3.05, 3.63) is 53.3 Å². The van der Waals surface area contributed by atoms with Crippen molar-refractivity contribution in [1.29, 1.82) is 0 Å². The summed E-state index contributed by atoms with van der Waals surface area (Å²) in [5.74, 6) is 0.752. The molecule has 0 aliphatic rings. The molecule has 0 amide bonds. The molecule has 0 saturated carbocycles. The highest BCUT2D eigenvalue weighted by Crippen LogP contribution is 2.31. The average Bonchev–Trinajstić information content (AvgIpc) is 2.32. The first-order valence-electron chi connectivity index (χ1n) is 4.96. The van der Waals surface area contributed by atoms with E-state index in [2.05, 4.69) is 0 Å². The van der Waals surface area contributed by atoms with Crippen LogP contribution >= 0.6 is 11.6 Å². The molecule has 17 heavy (non-hydrogen) atoms. The van der Waals surface area contributed by atoms with E-state index in [0.29, 0.717) is 16.5 Å². The fourth-order valence-electron chi connectivity index (χ4n) is 1.37. The molecule has 0 N–H and O–H groups in total. The molecule has 2 aromatic rings. The van der Waals surface area contributed by atoms with Crippen molar-refractivity contribution in [2.45, 2.75) is 0 Å². The van der Waals surface area contributed by atoms with Gasteiger partial charge >= 0.3 is 0 Å². The zero-order chi connectivity index (χ0) is 12.3. The quantitative estimate of drug-likeness (QED) is 0.812. The molecule has 88 valence electrons. The van der Waals surface area contributed by atoms with Crippen molar-refractivity contribution in [3.8, 4) is 17.2 Å². The van der Waals surface area contributed by atoms with Crippen LogP contribution in [0.2, 0.25) is 5.02 Å². The van der Waals surface area contributed by atoms with Crippen LogP contribution in [-0.2, 0) is 0 Å². The van der Waals surface area contributed by atoms with Gasteiger partial charge in [0.15, 0.2) is 11.6 Å². The minimum atomic E-state index is -0.417. The molecule has 2 aromatic carbocycles. The van der Waals surface area contributed by atoms with Gasteiger partial charge in [0.25, 0.3) is 0 Å². The van der Waals surface area contributed by atoms with E-state index in [-0.39, 0.29) is 5.75 Å². The lowest BCUT2D eigenvalue weighted by Crippen LogP contribution is -1.89. The van der Waals surface area contributed by atoms with E-state index in [1.165, 1.54) is 13.2 Å². The van der Waals surface area contributed by atoms with Gasteiger partial charge in [-0.3, -0.25) is 0 Å². The smallest absolute Gasteiger partial charge is 0.165 e. The Labute approximate surface area is 104 Å². The van der Waals surface area contributed by atoms with Gasteiger partial charge in [-0.15, -0.1) is 0 Å². The van der Waals surface area contributed by atoms with Gasteiger partial charge in [0.05, 0.1) is 12.1 Å². The number of ether oxygens (including phenoxy) is 2. The molecule has 0 aliphatic carbocycles. The molecule has 0 aromatic heterocycles. The van der Waals surface area contributed by atoms with Crippen molar-refractivity contribution in [3.63, 3.8) is 0 Å². The largest absolute Gasteiger partial charge is 0.495 e. The first kappa shape index (κ1) is 11.7.